The van der Waals surface area contributed by atoms with Crippen molar-refractivity contribution in [2.45, 2.75) is 51.2 Å². The van der Waals surface area contributed by atoms with Crippen LogP contribution in [0.25, 0.3) is 0 Å². The zero-order valence-corrected chi connectivity index (χ0v) is 13.6. The van der Waals surface area contributed by atoms with Crippen LogP contribution >= 0.6 is 0 Å². The van der Waals surface area contributed by atoms with Crippen molar-refractivity contribution >= 4 is 17.8 Å². The number of carboxylic acid groups (broad SMARTS) is 1. The molecule has 1 aliphatic rings. The summed E-state index contributed by atoms with van der Waals surface area (Å²) in [6.07, 6.45) is 2.66. The highest BCUT2D eigenvalue weighted by molar-refractivity contribution is 5.82. The third-order valence-electron chi connectivity index (χ3n) is 3.83. The maximum absolute atomic E-state index is 12.1. The first kappa shape index (κ1) is 19.4. The summed E-state index contributed by atoms with van der Waals surface area (Å²) in [6.45, 7) is 3.38. The molecule has 1 rings (SSSR count). The third-order valence-corrected chi connectivity index (χ3v) is 3.83. The van der Waals surface area contributed by atoms with Gasteiger partial charge in [0.2, 0.25) is 11.8 Å². The Morgan fingerprint density at radius 1 is 1.26 bits per heavy atom. The minimum atomic E-state index is -0.842. The summed E-state index contributed by atoms with van der Waals surface area (Å²) in [7, 11) is 0. The Balaban J connectivity index is 2.16. The molecule has 0 aromatic carbocycles. The molecule has 8 nitrogen and oxygen atoms in total. The normalized spacial score (nSPS) is 16.9. The Morgan fingerprint density at radius 3 is 2.52 bits per heavy atom. The van der Waals surface area contributed by atoms with Crippen molar-refractivity contribution in [2.24, 2.45) is 5.73 Å². The van der Waals surface area contributed by atoms with Crippen LogP contribution < -0.4 is 11.1 Å². The van der Waals surface area contributed by atoms with Crippen molar-refractivity contribution in [3.8, 4) is 0 Å². The molecule has 0 saturated carbocycles. The maximum Gasteiger partial charge on any atom is 0.303 e. The predicted octanol–water partition coefficient (Wildman–Crippen LogP) is -0.288. The van der Waals surface area contributed by atoms with Crippen LogP contribution in [0.4, 0.5) is 0 Å². The van der Waals surface area contributed by atoms with Crippen molar-refractivity contribution in [3.63, 3.8) is 0 Å². The van der Waals surface area contributed by atoms with Gasteiger partial charge in [-0.25, -0.2) is 0 Å². The fourth-order valence-electron chi connectivity index (χ4n) is 2.34. The summed E-state index contributed by atoms with van der Waals surface area (Å²) in [4.78, 5) is 35.8. The Bertz CT molecular complexity index is 410. The monoisotopic (exact) mass is 329 g/mol. The molecule has 0 bridgehead atoms. The molecule has 0 aliphatic carbocycles. The van der Waals surface area contributed by atoms with Gasteiger partial charge in [0.15, 0.2) is 0 Å². The van der Waals surface area contributed by atoms with Gasteiger partial charge in [-0.05, 0) is 32.6 Å². The Labute approximate surface area is 136 Å². The largest absolute Gasteiger partial charge is 0.481 e. The number of unbranched alkanes of at least 4 members (excludes halogenated alkanes) is 1. The molecule has 0 aromatic rings. The number of amides is 2. The van der Waals surface area contributed by atoms with Gasteiger partial charge in [0.25, 0.3) is 0 Å². The molecular weight excluding hydrogens is 302 g/mol. The van der Waals surface area contributed by atoms with E-state index in [1.54, 1.807) is 11.8 Å². The van der Waals surface area contributed by atoms with Crippen molar-refractivity contribution in [1.82, 2.24) is 10.2 Å². The van der Waals surface area contributed by atoms with Gasteiger partial charge in [0.1, 0.15) is 12.6 Å². The number of ether oxygens (including phenoxy) is 1. The lowest BCUT2D eigenvalue weighted by Gasteiger charge is -2.24. The topological polar surface area (TPSA) is 122 Å². The fourth-order valence-corrected chi connectivity index (χ4v) is 2.34. The summed E-state index contributed by atoms with van der Waals surface area (Å²) in [5.74, 6) is -1.28. The molecule has 0 unspecified atom stereocenters. The van der Waals surface area contributed by atoms with Crippen LogP contribution in [0.1, 0.15) is 39.0 Å². The number of nitrogens with zero attached hydrogens (tertiary/aromatic N) is 1. The van der Waals surface area contributed by atoms with Crippen LogP contribution in [0.2, 0.25) is 0 Å². The lowest BCUT2D eigenvalue weighted by atomic mass is 10.1. The van der Waals surface area contributed by atoms with Gasteiger partial charge < -0.3 is 25.8 Å². The van der Waals surface area contributed by atoms with Crippen LogP contribution in [0.5, 0.6) is 0 Å². The number of carbonyl (C=O) groups excluding carboxylic acids is 2. The first-order valence-corrected chi connectivity index (χ1v) is 8.06. The van der Waals surface area contributed by atoms with Gasteiger partial charge in [-0.3, -0.25) is 14.4 Å². The third kappa shape index (κ3) is 7.43. The van der Waals surface area contributed by atoms with Crippen molar-refractivity contribution in [2.75, 3.05) is 26.2 Å². The molecule has 8 heteroatoms. The molecule has 2 atom stereocenters. The quantitative estimate of drug-likeness (QED) is 0.474. The lowest BCUT2D eigenvalue weighted by molar-refractivity contribution is -0.138. The molecule has 23 heavy (non-hydrogen) atoms. The zero-order chi connectivity index (χ0) is 17.2. The minimum absolute atomic E-state index is 0.0941. The molecule has 0 aromatic heterocycles. The van der Waals surface area contributed by atoms with E-state index in [0.717, 1.165) is 25.9 Å². The van der Waals surface area contributed by atoms with Crippen molar-refractivity contribution in [1.29, 1.82) is 0 Å². The van der Waals surface area contributed by atoms with E-state index >= 15 is 0 Å². The van der Waals surface area contributed by atoms with Gasteiger partial charge in [-0.1, -0.05) is 0 Å². The molecule has 2 amide bonds. The molecule has 132 valence electrons. The molecule has 1 fully saturated rings. The van der Waals surface area contributed by atoms with E-state index < -0.39 is 18.1 Å². The van der Waals surface area contributed by atoms with Gasteiger partial charge >= 0.3 is 5.97 Å². The fraction of sp³-hybridized carbons (Fsp3) is 0.800. The molecule has 1 heterocycles. The average Bonchev–Trinajstić information content (AvgIpc) is 3.04. The molecule has 0 spiro atoms. The maximum atomic E-state index is 12.1. The highest BCUT2D eigenvalue weighted by Crippen LogP contribution is 2.10. The zero-order valence-electron chi connectivity index (χ0n) is 13.6. The molecule has 0 radical (unpaired) electrons. The van der Waals surface area contributed by atoms with E-state index in [1.807, 2.05) is 0 Å². The van der Waals surface area contributed by atoms with Crippen LogP contribution in [0.3, 0.4) is 0 Å². The lowest BCUT2D eigenvalue weighted by Crippen LogP contribution is -2.49. The van der Waals surface area contributed by atoms with Crippen LogP contribution in [0.15, 0.2) is 0 Å². The van der Waals surface area contributed by atoms with Crippen LogP contribution in [-0.4, -0.2) is 66.2 Å². The standard InChI is InChI=1S/C15H27N3O5/c1-11(14(16)15(22)18-8-4-5-9-18)23-10-12(19)17-7-3-2-6-13(20)21/h11,14H,2-10,16H2,1H3,(H,17,19)(H,20,21)/t11-,14+/m1/s1. The van der Waals surface area contributed by atoms with Crippen LogP contribution in [0, 0.1) is 0 Å². The SMILES string of the molecule is C[C@@H](OCC(=O)NCCCCC(=O)O)[C@H](N)C(=O)N1CCCC1. The summed E-state index contributed by atoms with van der Waals surface area (Å²) in [6, 6.07) is -0.767. The predicted molar refractivity (Wildman–Crippen MR) is 83.7 cm³/mol. The number of nitrogens with two attached hydrogens (primary N) is 1. The molecule has 1 saturated heterocycles. The number of rotatable bonds is 10. The molecular formula is C15H27N3O5. The van der Waals surface area contributed by atoms with Gasteiger partial charge in [0, 0.05) is 26.1 Å². The Hall–Kier alpha value is -1.67. The van der Waals surface area contributed by atoms with Gasteiger partial charge in [0.05, 0.1) is 6.10 Å². The number of hydrogen-bond acceptors (Lipinski definition) is 5. The van der Waals surface area contributed by atoms with E-state index in [-0.39, 0.29) is 24.8 Å². The van der Waals surface area contributed by atoms with E-state index in [2.05, 4.69) is 5.32 Å². The van der Waals surface area contributed by atoms with Crippen molar-refractivity contribution < 1.29 is 24.2 Å². The second kappa shape index (κ2) is 10.2. The number of carbonyl (C=O) groups is 3. The number of nitrogens with one attached hydrogen (secondary N) is 1. The smallest absolute Gasteiger partial charge is 0.303 e. The van der Waals surface area contributed by atoms with E-state index in [0.29, 0.717) is 19.4 Å². The van der Waals surface area contributed by atoms with Crippen LogP contribution in [-0.2, 0) is 19.1 Å². The second-order valence-corrected chi connectivity index (χ2v) is 5.78. The Morgan fingerprint density at radius 2 is 1.91 bits per heavy atom. The number of carboxylic acids is 1. The molecule has 1 aliphatic heterocycles. The number of hydrogen-bond donors (Lipinski definition) is 3. The summed E-state index contributed by atoms with van der Waals surface area (Å²) < 4.78 is 5.36. The van der Waals surface area contributed by atoms with E-state index in [1.165, 1.54) is 0 Å². The van der Waals surface area contributed by atoms with Crippen molar-refractivity contribution in [3.05, 3.63) is 0 Å². The van der Waals surface area contributed by atoms with Gasteiger partial charge in [-0.2, -0.15) is 0 Å². The highest BCUT2D eigenvalue weighted by atomic mass is 16.5. The Kier molecular flexibility index (Phi) is 8.57. The second-order valence-electron chi connectivity index (χ2n) is 5.78. The van der Waals surface area contributed by atoms with Gasteiger partial charge in [-0.15, -0.1) is 0 Å². The minimum Gasteiger partial charge on any atom is -0.481 e. The molecule has 4 N–H and O–H groups in total. The number of likely N-dealkylation sites (tertiary alicyclic amines) is 1. The average molecular weight is 329 g/mol. The summed E-state index contributed by atoms with van der Waals surface area (Å²) >= 11 is 0. The van der Waals surface area contributed by atoms with E-state index in [4.69, 9.17) is 15.6 Å². The highest BCUT2D eigenvalue weighted by Gasteiger charge is 2.28. The summed E-state index contributed by atoms with van der Waals surface area (Å²) in [5, 5.41) is 11.1. The first-order chi connectivity index (χ1) is 10.9. The van der Waals surface area contributed by atoms with E-state index in [9.17, 15) is 14.4 Å². The number of aliphatic carboxylic acids is 1. The first-order valence-electron chi connectivity index (χ1n) is 8.06. The summed E-state index contributed by atoms with van der Waals surface area (Å²) in [5.41, 5.74) is 5.89.